The Morgan fingerprint density at radius 1 is 1.42 bits per heavy atom. The van der Waals surface area contributed by atoms with Gasteiger partial charge in [0, 0.05) is 0 Å². The number of hydrogen-bond acceptors (Lipinski definition) is 1. The first-order chi connectivity index (χ1) is 5.63. The minimum atomic E-state index is -0.145. The summed E-state index contributed by atoms with van der Waals surface area (Å²) in [6, 6.07) is 0. The number of aliphatic hydroxyl groups excluding tert-OH is 1. The van der Waals surface area contributed by atoms with Crippen molar-refractivity contribution in [3.63, 3.8) is 0 Å². The summed E-state index contributed by atoms with van der Waals surface area (Å²) in [7, 11) is 0. The van der Waals surface area contributed by atoms with Crippen LogP contribution in [0.1, 0.15) is 40.0 Å². The SMILES string of the molecule is C=CCC(C(C)C)C(O)CCC. The van der Waals surface area contributed by atoms with Crippen molar-refractivity contribution in [2.75, 3.05) is 0 Å². The smallest absolute Gasteiger partial charge is 0.0573 e. The Morgan fingerprint density at radius 2 is 2.00 bits per heavy atom. The Hall–Kier alpha value is -0.300. The lowest BCUT2D eigenvalue weighted by Gasteiger charge is -2.24. The fraction of sp³-hybridized carbons (Fsp3) is 0.818. The molecule has 0 bridgehead atoms. The summed E-state index contributed by atoms with van der Waals surface area (Å²) in [4.78, 5) is 0. The summed E-state index contributed by atoms with van der Waals surface area (Å²) in [6.45, 7) is 10.1. The summed E-state index contributed by atoms with van der Waals surface area (Å²) in [5.41, 5.74) is 0. The molecule has 0 aromatic heterocycles. The second kappa shape index (κ2) is 6.24. The lowest BCUT2D eigenvalue weighted by atomic mass is 9.85. The van der Waals surface area contributed by atoms with Crippen LogP contribution in [0.5, 0.6) is 0 Å². The van der Waals surface area contributed by atoms with E-state index in [2.05, 4.69) is 27.4 Å². The molecule has 0 aromatic rings. The Bertz CT molecular complexity index is 118. The van der Waals surface area contributed by atoms with E-state index >= 15 is 0 Å². The van der Waals surface area contributed by atoms with Gasteiger partial charge in [0.15, 0.2) is 0 Å². The molecule has 0 saturated heterocycles. The second-order valence-electron chi connectivity index (χ2n) is 3.79. The van der Waals surface area contributed by atoms with Crippen LogP contribution in [0.25, 0.3) is 0 Å². The van der Waals surface area contributed by atoms with E-state index in [0.717, 1.165) is 19.3 Å². The molecule has 1 N–H and O–H groups in total. The predicted octanol–water partition coefficient (Wildman–Crippen LogP) is 3.00. The van der Waals surface area contributed by atoms with E-state index in [-0.39, 0.29) is 6.10 Å². The average Bonchev–Trinajstić information content (AvgIpc) is 1.99. The van der Waals surface area contributed by atoms with Crippen LogP contribution >= 0.6 is 0 Å². The van der Waals surface area contributed by atoms with Gasteiger partial charge in [0.2, 0.25) is 0 Å². The largest absolute Gasteiger partial charge is 0.393 e. The lowest BCUT2D eigenvalue weighted by Crippen LogP contribution is -2.24. The Kier molecular flexibility index (Phi) is 6.09. The van der Waals surface area contributed by atoms with Gasteiger partial charge < -0.3 is 5.11 Å². The van der Waals surface area contributed by atoms with Crippen LogP contribution in [0.15, 0.2) is 12.7 Å². The third kappa shape index (κ3) is 3.91. The van der Waals surface area contributed by atoms with Crippen molar-refractivity contribution >= 4 is 0 Å². The third-order valence-electron chi connectivity index (χ3n) is 2.37. The molecule has 0 spiro atoms. The van der Waals surface area contributed by atoms with Gasteiger partial charge in [-0.2, -0.15) is 0 Å². The average molecular weight is 170 g/mol. The highest BCUT2D eigenvalue weighted by atomic mass is 16.3. The van der Waals surface area contributed by atoms with Gasteiger partial charge in [0.25, 0.3) is 0 Å². The first kappa shape index (κ1) is 11.7. The molecule has 0 amide bonds. The molecule has 0 aliphatic carbocycles. The van der Waals surface area contributed by atoms with Gasteiger partial charge in [-0.15, -0.1) is 6.58 Å². The van der Waals surface area contributed by atoms with Gasteiger partial charge in [-0.25, -0.2) is 0 Å². The molecule has 72 valence electrons. The van der Waals surface area contributed by atoms with Crippen LogP contribution in [0.2, 0.25) is 0 Å². The molecule has 1 heteroatoms. The van der Waals surface area contributed by atoms with Gasteiger partial charge in [-0.3, -0.25) is 0 Å². The second-order valence-corrected chi connectivity index (χ2v) is 3.79. The summed E-state index contributed by atoms with van der Waals surface area (Å²) >= 11 is 0. The number of allylic oxidation sites excluding steroid dienone is 1. The van der Waals surface area contributed by atoms with Gasteiger partial charge in [0.1, 0.15) is 0 Å². The van der Waals surface area contributed by atoms with E-state index in [1.807, 2.05) is 6.08 Å². The Morgan fingerprint density at radius 3 is 2.33 bits per heavy atom. The molecule has 0 radical (unpaired) electrons. The predicted molar refractivity (Wildman–Crippen MR) is 54.1 cm³/mol. The summed E-state index contributed by atoms with van der Waals surface area (Å²) in [5.74, 6) is 0.937. The van der Waals surface area contributed by atoms with Crippen LogP contribution in [0.3, 0.4) is 0 Å². The van der Waals surface area contributed by atoms with Crippen molar-refractivity contribution in [1.82, 2.24) is 0 Å². The van der Waals surface area contributed by atoms with E-state index < -0.39 is 0 Å². The molecule has 0 aromatic carbocycles. The van der Waals surface area contributed by atoms with E-state index in [4.69, 9.17) is 0 Å². The van der Waals surface area contributed by atoms with Crippen molar-refractivity contribution in [2.45, 2.75) is 46.1 Å². The van der Waals surface area contributed by atoms with Gasteiger partial charge in [0.05, 0.1) is 6.10 Å². The molecule has 0 saturated carbocycles. The Labute approximate surface area is 76.5 Å². The van der Waals surface area contributed by atoms with E-state index in [0.29, 0.717) is 11.8 Å². The molecule has 0 heterocycles. The number of hydrogen-bond donors (Lipinski definition) is 1. The minimum Gasteiger partial charge on any atom is -0.393 e. The van der Waals surface area contributed by atoms with Crippen LogP contribution in [-0.2, 0) is 0 Å². The maximum atomic E-state index is 9.76. The quantitative estimate of drug-likeness (QED) is 0.608. The topological polar surface area (TPSA) is 20.2 Å². The van der Waals surface area contributed by atoms with Crippen molar-refractivity contribution in [1.29, 1.82) is 0 Å². The normalized spacial score (nSPS) is 16.1. The molecule has 0 rings (SSSR count). The zero-order chi connectivity index (χ0) is 9.56. The third-order valence-corrected chi connectivity index (χ3v) is 2.37. The molecule has 12 heavy (non-hydrogen) atoms. The van der Waals surface area contributed by atoms with Gasteiger partial charge in [-0.1, -0.05) is 33.3 Å². The van der Waals surface area contributed by atoms with Crippen LogP contribution in [0.4, 0.5) is 0 Å². The maximum Gasteiger partial charge on any atom is 0.0573 e. The molecule has 1 nitrogen and oxygen atoms in total. The highest BCUT2D eigenvalue weighted by molar-refractivity contribution is 4.79. The zero-order valence-electron chi connectivity index (χ0n) is 8.59. The van der Waals surface area contributed by atoms with Crippen LogP contribution < -0.4 is 0 Å². The molecule has 0 aliphatic rings. The maximum absolute atomic E-state index is 9.76. The van der Waals surface area contributed by atoms with Crippen LogP contribution in [-0.4, -0.2) is 11.2 Å². The molecular formula is C11H22O. The Balaban J connectivity index is 3.98. The van der Waals surface area contributed by atoms with Crippen molar-refractivity contribution in [3.05, 3.63) is 12.7 Å². The van der Waals surface area contributed by atoms with Gasteiger partial charge in [-0.05, 0) is 24.7 Å². The molecule has 0 aliphatic heterocycles. The zero-order valence-corrected chi connectivity index (χ0v) is 8.59. The standard InChI is InChI=1S/C11H22O/c1-5-7-10(9(3)4)11(12)8-6-2/h5,9-12H,1,6-8H2,2-4H3. The molecule has 2 unspecified atom stereocenters. The van der Waals surface area contributed by atoms with Crippen molar-refractivity contribution in [2.24, 2.45) is 11.8 Å². The first-order valence-corrected chi connectivity index (χ1v) is 4.92. The lowest BCUT2D eigenvalue weighted by molar-refractivity contribution is 0.0746. The highest BCUT2D eigenvalue weighted by Crippen LogP contribution is 2.22. The minimum absolute atomic E-state index is 0.145. The highest BCUT2D eigenvalue weighted by Gasteiger charge is 2.19. The van der Waals surface area contributed by atoms with Crippen molar-refractivity contribution in [3.8, 4) is 0 Å². The molecule has 0 fully saturated rings. The number of aliphatic hydroxyl groups is 1. The first-order valence-electron chi connectivity index (χ1n) is 4.92. The van der Waals surface area contributed by atoms with Gasteiger partial charge >= 0.3 is 0 Å². The summed E-state index contributed by atoms with van der Waals surface area (Å²) in [6.07, 6.45) is 4.66. The summed E-state index contributed by atoms with van der Waals surface area (Å²) < 4.78 is 0. The summed E-state index contributed by atoms with van der Waals surface area (Å²) in [5, 5.41) is 9.76. The fourth-order valence-electron chi connectivity index (χ4n) is 1.58. The molecular weight excluding hydrogens is 148 g/mol. The van der Waals surface area contributed by atoms with E-state index in [1.165, 1.54) is 0 Å². The number of rotatable bonds is 6. The fourth-order valence-corrected chi connectivity index (χ4v) is 1.58. The van der Waals surface area contributed by atoms with E-state index in [9.17, 15) is 5.11 Å². The van der Waals surface area contributed by atoms with E-state index in [1.54, 1.807) is 0 Å². The van der Waals surface area contributed by atoms with Crippen LogP contribution in [0, 0.1) is 11.8 Å². The van der Waals surface area contributed by atoms with Crippen molar-refractivity contribution < 1.29 is 5.11 Å². The monoisotopic (exact) mass is 170 g/mol. The molecule has 2 atom stereocenters.